The van der Waals surface area contributed by atoms with Crippen LogP contribution < -0.4 is 15.2 Å². The largest absolute Gasteiger partial charge is 0.352 e. The Hall–Kier alpha value is -3.41. The number of carbonyl (C=O) groups excluding carboxylic acids is 2. The van der Waals surface area contributed by atoms with E-state index in [1.54, 1.807) is 12.2 Å². The van der Waals surface area contributed by atoms with Crippen molar-refractivity contribution in [2.75, 3.05) is 13.1 Å². The van der Waals surface area contributed by atoms with Crippen molar-refractivity contribution in [3.63, 3.8) is 0 Å². The van der Waals surface area contributed by atoms with Crippen molar-refractivity contribution >= 4 is 11.8 Å². The minimum absolute atomic E-state index is 0.0194. The first-order valence-electron chi connectivity index (χ1n) is 13.3. The Morgan fingerprint density at radius 3 is 2.41 bits per heavy atom. The second-order valence-corrected chi connectivity index (χ2v) is 10.7. The second-order valence-electron chi connectivity index (χ2n) is 10.7. The smallest absolute Gasteiger partial charge is 0.244 e. The van der Waals surface area contributed by atoms with E-state index in [-0.39, 0.29) is 23.1 Å². The van der Waals surface area contributed by atoms with Crippen LogP contribution >= 0.6 is 0 Å². The van der Waals surface area contributed by atoms with Crippen LogP contribution in [0.3, 0.4) is 0 Å². The molecule has 2 heterocycles. The lowest BCUT2D eigenvalue weighted by Gasteiger charge is -2.36. The third-order valence-electron chi connectivity index (χ3n) is 7.22. The predicted octanol–water partition coefficient (Wildman–Crippen LogP) is 4.42. The Morgan fingerprint density at radius 1 is 0.946 bits per heavy atom. The normalized spacial score (nSPS) is 30.1. The van der Waals surface area contributed by atoms with Gasteiger partial charge in [0.1, 0.15) is 11.9 Å². The van der Waals surface area contributed by atoms with Gasteiger partial charge < -0.3 is 10.6 Å². The number of carbonyl (C=O) groups is 2. The van der Waals surface area contributed by atoms with Crippen LogP contribution in [0.5, 0.6) is 0 Å². The van der Waals surface area contributed by atoms with Crippen molar-refractivity contribution in [3.8, 4) is 0 Å². The molecular formula is C31H43N4O2+. The van der Waals surface area contributed by atoms with Gasteiger partial charge in [-0.25, -0.2) is 9.13 Å². The first kappa shape index (κ1) is 28.2. The van der Waals surface area contributed by atoms with Gasteiger partial charge in [0.25, 0.3) is 0 Å². The fraction of sp³-hybridized carbons (Fsp3) is 0.452. The highest BCUT2D eigenvalue weighted by Gasteiger charge is 2.31. The van der Waals surface area contributed by atoms with Gasteiger partial charge in [0.2, 0.25) is 18.1 Å². The lowest BCUT2D eigenvalue weighted by molar-refractivity contribution is -0.696. The van der Waals surface area contributed by atoms with E-state index in [2.05, 4.69) is 77.1 Å². The maximum atomic E-state index is 12.4. The molecule has 2 aliphatic rings. The molecule has 37 heavy (non-hydrogen) atoms. The minimum atomic E-state index is -0.0771. The lowest BCUT2D eigenvalue weighted by Crippen LogP contribution is -2.34. The highest BCUT2D eigenvalue weighted by Crippen LogP contribution is 2.42. The third kappa shape index (κ3) is 8.88. The van der Waals surface area contributed by atoms with Crippen LogP contribution in [0.1, 0.15) is 52.7 Å². The third-order valence-corrected chi connectivity index (χ3v) is 7.22. The number of aromatic nitrogens is 2. The quantitative estimate of drug-likeness (QED) is 0.407. The fourth-order valence-corrected chi connectivity index (χ4v) is 4.76. The molecule has 6 heteroatoms. The predicted molar refractivity (Wildman–Crippen MR) is 149 cm³/mol. The van der Waals surface area contributed by atoms with E-state index < -0.39 is 0 Å². The summed E-state index contributed by atoms with van der Waals surface area (Å²) < 4.78 is 4.21. The van der Waals surface area contributed by atoms with Crippen LogP contribution in [0.25, 0.3) is 0 Å². The lowest BCUT2D eigenvalue weighted by atomic mass is 9.68. The van der Waals surface area contributed by atoms with Gasteiger partial charge in [0, 0.05) is 44.0 Å². The maximum Gasteiger partial charge on any atom is 0.244 e. The van der Waals surface area contributed by atoms with E-state index in [0.29, 0.717) is 13.1 Å². The number of nitrogens with one attached hydrogen (secondary N) is 2. The van der Waals surface area contributed by atoms with Crippen molar-refractivity contribution in [1.29, 1.82) is 0 Å². The van der Waals surface area contributed by atoms with Crippen LogP contribution in [-0.4, -0.2) is 29.5 Å². The van der Waals surface area contributed by atoms with Crippen LogP contribution in [0.2, 0.25) is 0 Å². The molecule has 3 rings (SSSR count). The molecule has 2 atom stereocenters. The molecule has 1 aliphatic carbocycles. The molecule has 0 fully saturated rings. The highest BCUT2D eigenvalue weighted by molar-refractivity contribution is 5.88. The number of amides is 2. The number of hydrogen-bond acceptors (Lipinski definition) is 2. The van der Waals surface area contributed by atoms with Gasteiger partial charge in [-0.2, -0.15) is 0 Å². The van der Waals surface area contributed by atoms with Crippen LogP contribution in [0.4, 0.5) is 0 Å². The molecular weight excluding hydrogens is 460 g/mol. The number of rotatable bonds is 0. The first-order chi connectivity index (χ1) is 17.6. The topological polar surface area (TPSA) is 67.0 Å². The summed E-state index contributed by atoms with van der Waals surface area (Å²) in [5, 5.41) is 5.97. The van der Waals surface area contributed by atoms with Crippen LogP contribution in [0.15, 0.2) is 83.9 Å². The van der Waals surface area contributed by atoms with Gasteiger partial charge in [0.05, 0.1) is 13.6 Å². The van der Waals surface area contributed by atoms with Gasteiger partial charge >= 0.3 is 0 Å². The summed E-state index contributed by atoms with van der Waals surface area (Å²) in [6.07, 6.45) is 26.0. The van der Waals surface area contributed by atoms with Crippen LogP contribution in [0, 0.1) is 11.3 Å². The number of hydrogen-bond donors (Lipinski definition) is 2. The van der Waals surface area contributed by atoms with Gasteiger partial charge in [-0.3, -0.25) is 9.59 Å². The number of allylic oxidation sites excluding steroid dienone is 10. The molecule has 0 unspecified atom stereocenters. The van der Waals surface area contributed by atoms with E-state index >= 15 is 0 Å². The van der Waals surface area contributed by atoms with Crippen molar-refractivity contribution in [1.82, 2.24) is 15.2 Å². The Kier molecular flexibility index (Phi) is 10.1. The molecule has 0 aromatic carbocycles. The van der Waals surface area contributed by atoms with Gasteiger partial charge in [-0.15, -0.1) is 0 Å². The molecule has 1 aliphatic heterocycles. The molecule has 2 amide bonds. The van der Waals surface area contributed by atoms with E-state index in [4.69, 9.17) is 0 Å². The molecule has 1 aromatic heterocycles. The van der Waals surface area contributed by atoms with Crippen molar-refractivity contribution in [2.24, 2.45) is 18.4 Å². The minimum Gasteiger partial charge on any atom is -0.352 e. The summed E-state index contributed by atoms with van der Waals surface area (Å²) in [4.78, 5) is 24.7. The Labute approximate surface area is 222 Å². The zero-order valence-corrected chi connectivity index (χ0v) is 23.1. The molecule has 2 N–H and O–H groups in total. The molecule has 0 radical (unpaired) electrons. The highest BCUT2D eigenvalue weighted by atomic mass is 16.2. The summed E-state index contributed by atoms with van der Waals surface area (Å²) in [5.74, 6) is 0.0933. The average molecular weight is 504 g/mol. The number of aryl methyl sites for hydroxylation is 2. The zero-order chi connectivity index (χ0) is 26.8. The molecule has 0 saturated heterocycles. The summed E-state index contributed by atoms with van der Waals surface area (Å²) in [6, 6.07) is 0. The second kappa shape index (κ2) is 13.2. The molecule has 198 valence electrons. The molecule has 6 nitrogen and oxygen atoms in total. The monoisotopic (exact) mass is 503 g/mol. The summed E-state index contributed by atoms with van der Waals surface area (Å²) in [5.41, 5.74) is 4.63. The number of fused-ring (bicyclic) bond motifs is 3. The standard InChI is InChI=1S/C31H42N4O2/c1-24-8-6-15-31(4)16-13-26(3)21-27(31)20-25(2)10-12-30(37)33-18-14-28-22-35(23-34(28)5)19-7-17-32-29(36)11-9-24/h6,8-12,15,20-23,27H,7,13-14,16-19H2,1-5H3,(H-,32,33,36,37)/p+1/b11-9-,12-10-,15-6-,24-8-,25-20-/t27-,31-/m0/s1. The summed E-state index contributed by atoms with van der Waals surface area (Å²) in [6.45, 7) is 10.6. The average Bonchev–Trinajstić information content (AvgIpc) is 3.20. The molecule has 0 saturated carbocycles. The Balaban J connectivity index is 1.82. The van der Waals surface area contributed by atoms with E-state index in [0.717, 1.165) is 49.1 Å². The zero-order valence-electron chi connectivity index (χ0n) is 23.1. The summed E-state index contributed by atoms with van der Waals surface area (Å²) >= 11 is 0. The van der Waals surface area contributed by atoms with Gasteiger partial charge in [-0.1, -0.05) is 66.2 Å². The fourth-order valence-electron chi connectivity index (χ4n) is 4.76. The Bertz CT molecular complexity index is 1160. The molecule has 2 bridgehead atoms. The number of imidazole rings is 1. The summed E-state index contributed by atoms with van der Waals surface area (Å²) in [7, 11) is 2.01. The van der Waals surface area contributed by atoms with Crippen molar-refractivity contribution < 1.29 is 14.2 Å². The van der Waals surface area contributed by atoms with Crippen molar-refractivity contribution in [2.45, 2.75) is 59.9 Å². The molecule has 0 spiro atoms. The van der Waals surface area contributed by atoms with Crippen molar-refractivity contribution in [3.05, 3.63) is 89.6 Å². The van der Waals surface area contributed by atoms with Crippen LogP contribution in [-0.2, 0) is 29.6 Å². The molecule has 1 aromatic rings. The number of nitrogens with zero attached hydrogens (tertiary/aromatic N) is 2. The van der Waals surface area contributed by atoms with Gasteiger partial charge in [-0.05, 0) is 39.0 Å². The van der Waals surface area contributed by atoms with E-state index in [1.807, 2.05) is 32.5 Å². The van der Waals surface area contributed by atoms with E-state index in [9.17, 15) is 9.59 Å². The SMILES string of the molecule is CC1=C[C@@H]2/C=C(C)\C=C/C(=O)NCCc3c[n+](cn3C)CCCNC(=O)\C=C/C(C)=C\C=C/[C@@]2(C)CC1. The van der Waals surface area contributed by atoms with E-state index in [1.165, 1.54) is 5.57 Å². The first-order valence-corrected chi connectivity index (χ1v) is 13.3. The maximum absolute atomic E-state index is 12.4. The Morgan fingerprint density at radius 2 is 1.65 bits per heavy atom. The van der Waals surface area contributed by atoms with Gasteiger partial charge in [0.15, 0.2) is 0 Å².